The average Bonchev–Trinajstić information content (AvgIpc) is 2.93. The molecule has 1 aliphatic carbocycles. The molecule has 5 heteroatoms. The molecule has 0 aliphatic heterocycles. The number of thiazole rings is 1. The number of benzene rings is 1. The predicted octanol–water partition coefficient (Wildman–Crippen LogP) is 3.96. The van der Waals surface area contributed by atoms with Crippen molar-refractivity contribution >= 4 is 22.9 Å². The molecule has 2 aromatic rings. The van der Waals surface area contributed by atoms with Crippen LogP contribution in [0.5, 0.6) is 0 Å². The maximum absolute atomic E-state index is 12.6. The van der Waals surface area contributed by atoms with Crippen LogP contribution in [0, 0.1) is 12.8 Å². The summed E-state index contributed by atoms with van der Waals surface area (Å²) >= 11 is 1.63. The first kappa shape index (κ1) is 16.1. The lowest BCUT2D eigenvalue weighted by Crippen LogP contribution is -2.51. The third-order valence-corrected chi connectivity index (χ3v) is 5.39. The van der Waals surface area contributed by atoms with Crippen LogP contribution in [0.1, 0.15) is 37.6 Å². The first-order valence-corrected chi connectivity index (χ1v) is 8.96. The highest BCUT2D eigenvalue weighted by Crippen LogP contribution is 2.33. The largest absolute Gasteiger partial charge is 0.326 e. The zero-order valence-corrected chi connectivity index (χ0v) is 14.5. The molecule has 1 saturated carbocycles. The van der Waals surface area contributed by atoms with E-state index in [-0.39, 0.29) is 11.8 Å². The van der Waals surface area contributed by atoms with Gasteiger partial charge in [-0.25, -0.2) is 4.98 Å². The van der Waals surface area contributed by atoms with Gasteiger partial charge in [0.15, 0.2) is 0 Å². The summed E-state index contributed by atoms with van der Waals surface area (Å²) in [6.07, 6.45) is 3.95. The molecular formula is C18H23N3OS. The van der Waals surface area contributed by atoms with Gasteiger partial charge in [0.2, 0.25) is 5.91 Å². The van der Waals surface area contributed by atoms with E-state index in [1.807, 2.05) is 43.5 Å². The van der Waals surface area contributed by atoms with Gasteiger partial charge in [0.25, 0.3) is 0 Å². The summed E-state index contributed by atoms with van der Waals surface area (Å²) in [5.41, 5.74) is 8.69. The second kappa shape index (κ2) is 6.42. The van der Waals surface area contributed by atoms with Crippen LogP contribution in [0.15, 0.2) is 29.6 Å². The zero-order chi connectivity index (χ0) is 16.4. The summed E-state index contributed by atoms with van der Waals surface area (Å²) in [6, 6.07) is 7.85. The smallest absolute Gasteiger partial charge is 0.229 e. The number of carbonyl (C=O) groups excluding carboxylic acids is 1. The summed E-state index contributed by atoms with van der Waals surface area (Å²) in [5, 5.41) is 6.11. The lowest BCUT2D eigenvalue weighted by atomic mass is 9.74. The highest BCUT2D eigenvalue weighted by atomic mass is 32.1. The molecule has 2 atom stereocenters. The molecule has 1 amide bonds. The van der Waals surface area contributed by atoms with Crippen molar-refractivity contribution in [1.29, 1.82) is 0 Å². The van der Waals surface area contributed by atoms with Gasteiger partial charge in [-0.3, -0.25) is 4.79 Å². The molecule has 4 nitrogen and oxygen atoms in total. The monoisotopic (exact) mass is 329 g/mol. The van der Waals surface area contributed by atoms with Crippen molar-refractivity contribution in [3.8, 4) is 11.3 Å². The molecule has 0 bridgehead atoms. The maximum Gasteiger partial charge on any atom is 0.229 e. The Balaban J connectivity index is 1.76. The van der Waals surface area contributed by atoms with Gasteiger partial charge in [-0.1, -0.05) is 25.0 Å². The highest BCUT2D eigenvalue weighted by molar-refractivity contribution is 7.09. The van der Waals surface area contributed by atoms with Crippen molar-refractivity contribution in [3.05, 3.63) is 34.7 Å². The second-order valence-corrected chi connectivity index (χ2v) is 7.69. The highest BCUT2D eigenvalue weighted by Gasteiger charge is 2.37. The van der Waals surface area contributed by atoms with Crippen molar-refractivity contribution < 1.29 is 4.79 Å². The van der Waals surface area contributed by atoms with Crippen molar-refractivity contribution in [3.63, 3.8) is 0 Å². The van der Waals surface area contributed by atoms with E-state index in [4.69, 9.17) is 5.73 Å². The Bertz CT molecular complexity index is 708. The van der Waals surface area contributed by atoms with E-state index in [1.165, 1.54) is 0 Å². The van der Waals surface area contributed by atoms with Gasteiger partial charge >= 0.3 is 0 Å². The van der Waals surface area contributed by atoms with E-state index in [1.54, 1.807) is 11.3 Å². The number of rotatable bonds is 3. The number of amides is 1. The molecule has 3 rings (SSSR count). The molecule has 0 saturated heterocycles. The fourth-order valence-electron chi connectivity index (χ4n) is 3.27. The molecule has 1 aromatic carbocycles. The lowest BCUT2D eigenvalue weighted by molar-refractivity contribution is -0.122. The SMILES string of the molecule is Cc1nc(-c2cccc(NC(=O)C3CCCCC3(C)N)c2)cs1. The summed E-state index contributed by atoms with van der Waals surface area (Å²) in [7, 11) is 0. The van der Waals surface area contributed by atoms with E-state index < -0.39 is 5.54 Å². The van der Waals surface area contributed by atoms with Crippen LogP contribution in [0.25, 0.3) is 11.3 Å². The number of hydrogen-bond donors (Lipinski definition) is 2. The minimum atomic E-state index is -0.411. The van der Waals surface area contributed by atoms with E-state index in [0.717, 1.165) is 47.6 Å². The molecule has 1 aliphatic rings. The van der Waals surface area contributed by atoms with Gasteiger partial charge in [-0.2, -0.15) is 0 Å². The molecule has 1 heterocycles. The van der Waals surface area contributed by atoms with Crippen LogP contribution in [0.2, 0.25) is 0 Å². The third-order valence-electron chi connectivity index (χ3n) is 4.62. The molecular weight excluding hydrogens is 306 g/mol. The predicted molar refractivity (Wildman–Crippen MR) is 95.5 cm³/mol. The number of carbonyl (C=O) groups is 1. The summed E-state index contributed by atoms with van der Waals surface area (Å²) in [4.78, 5) is 17.1. The quantitative estimate of drug-likeness (QED) is 0.895. The summed E-state index contributed by atoms with van der Waals surface area (Å²) in [5.74, 6) is -0.0947. The van der Waals surface area contributed by atoms with Crippen molar-refractivity contribution in [2.45, 2.75) is 45.1 Å². The van der Waals surface area contributed by atoms with E-state index in [0.29, 0.717) is 0 Å². The van der Waals surface area contributed by atoms with Gasteiger partial charge in [0.1, 0.15) is 0 Å². The molecule has 0 radical (unpaired) electrons. The average molecular weight is 329 g/mol. The Kier molecular flexibility index (Phi) is 4.50. The standard InChI is InChI=1S/C18H23N3OS/c1-12-20-16(11-23-12)13-6-5-7-14(10-13)21-17(22)15-8-3-4-9-18(15,2)19/h5-7,10-11,15H,3-4,8-9,19H2,1-2H3,(H,21,22). The van der Waals surface area contributed by atoms with Gasteiger partial charge < -0.3 is 11.1 Å². The van der Waals surface area contributed by atoms with Crippen molar-refractivity contribution in [1.82, 2.24) is 4.98 Å². The number of hydrogen-bond acceptors (Lipinski definition) is 4. The van der Waals surface area contributed by atoms with Crippen LogP contribution in [-0.4, -0.2) is 16.4 Å². The van der Waals surface area contributed by atoms with E-state index >= 15 is 0 Å². The van der Waals surface area contributed by atoms with Gasteiger partial charge in [-0.15, -0.1) is 11.3 Å². The minimum Gasteiger partial charge on any atom is -0.326 e. The Morgan fingerprint density at radius 1 is 1.43 bits per heavy atom. The van der Waals surface area contributed by atoms with Crippen LogP contribution >= 0.6 is 11.3 Å². The first-order valence-electron chi connectivity index (χ1n) is 8.08. The van der Waals surface area contributed by atoms with Gasteiger partial charge in [-0.05, 0) is 38.8 Å². The van der Waals surface area contributed by atoms with Crippen molar-refractivity contribution in [2.24, 2.45) is 11.7 Å². The van der Waals surface area contributed by atoms with Crippen LogP contribution in [0.3, 0.4) is 0 Å². The van der Waals surface area contributed by atoms with Gasteiger partial charge in [0.05, 0.1) is 16.6 Å². The first-order chi connectivity index (χ1) is 11.0. The fraction of sp³-hybridized carbons (Fsp3) is 0.444. The Hall–Kier alpha value is -1.72. The number of nitrogens with two attached hydrogens (primary N) is 1. The van der Waals surface area contributed by atoms with Crippen LogP contribution in [0.4, 0.5) is 5.69 Å². The molecule has 122 valence electrons. The molecule has 1 aromatic heterocycles. The lowest BCUT2D eigenvalue weighted by Gasteiger charge is -2.37. The molecule has 2 unspecified atom stereocenters. The second-order valence-electron chi connectivity index (χ2n) is 6.63. The molecule has 23 heavy (non-hydrogen) atoms. The molecule has 1 fully saturated rings. The van der Waals surface area contributed by atoms with Crippen LogP contribution < -0.4 is 11.1 Å². The topological polar surface area (TPSA) is 68.0 Å². The number of aryl methyl sites for hydroxylation is 1. The number of anilines is 1. The van der Waals surface area contributed by atoms with Crippen LogP contribution in [-0.2, 0) is 4.79 Å². The minimum absolute atomic E-state index is 0.0290. The Morgan fingerprint density at radius 2 is 2.26 bits per heavy atom. The van der Waals surface area contributed by atoms with Crippen molar-refractivity contribution in [2.75, 3.05) is 5.32 Å². The summed E-state index contributed by atoms with van der Waals surface area (Å²) in [6.45, 7) is 3.98. The van der Waals surface area contributed by atoms with Gasteiger partial charge in [0, 0.05) is 22.2 Å². The van der Waals surface area contributed by atoms with E-state index in [9.17, 15) is 4.79 Å². The maximum atomic E-state index is 12.6. The molecule has 0 spiro atoms. The van der Waals surface area contributed by atoms with E-state index in [2.05, 4.69) is 10.3 Å². The fourth-order valence-corrected chi connectivity index (χ4v) is 3.89. The number of nitrogens with one attached hydrogen (secondary N) is 1. The summed E-state index contributed by atoms with van der Waals surface area (Å²) < 4.78 is 0. The normalized spacial score (nSPS) is 24.4. The number of nitrogens with zero attached hydrogens (tertiary/aromatic N) is 1. The number of aromatic nitrogens is 1. The third kappa shape index (κ3) is 3.62. The Morgan fingerprint density at radius 3 is 2.96 bits per heavy atom. The zero-order valence-electron chi connectivity index (χ0n) is 13.6. The molecule has 3 N–H and O–H groups in total. The Labute approximate surface area is 141 Å².